The van der Waals surface area contributed by atoms with Crippen LogP contribution in [-0.2, 0) is 0 Å². The minimum atomic E-state index is -0.458. The summed E-state index contributed by atoms with van der Waals surface area (Å²) in [5.74, 6) is 5.72. The van der Waals surface area contributed by atoms with Crippen molar-refractivity contribution in [1.29, 1.82) is 0 Å². The van der Waals surface area contributed by atoms with Gasteiger partial charge in [0.1, 0.15) is 0 Å². The van der Waals surface area contributed by atoms with Crippen molar-refractivity contribution in [2.75, 3.05) is 19.6 Å². The van der Waals surface area contributed by atoms with E-state index in [0.29, 0.717) is 24.2 Å². The lowest BCUT2D eigenvalue weighted by Crippen LogP contribution is -2.45. The molecule has 0 aromatic carbocycles. The number of aliphatic hydroxyl groups excluding tert-OH is 1. The first-order chi connectivity index (χ1) is 9.61. The van der Waals surface area contributed by atoms with E-state index in [9.17, 15) is 9.90 Å². The number of carbonyl (C=O) groups excluding carboxylic acids is 1. The van der Waals surface area contributed by atoms with Crippen LogP contribution in [0.25, 0.3) is 0 Å². The van der Waals surface area contributed by atoms with Gasteiger partial charge in [0.25, 0.3) is 5.91 Å². The number of rotatable bonds is 1. The van der Waals surface area contributed by atoms with Crippen LogP contribution in [0.15, 0.2) is 18.5 Å². The SMILES string of the molecule is CC1CCN(C(=O)c2cncc(C#CCN)c2)CC1O. The molecule has 1 aromatic rings. The summed E-state index contributed by atoms with van der Waals surface area (Å²) in [7, 11) is 0. The van der Waals surface area contributed by atoms with E-state index in [1.54, 1.807) is 17.2 Å². The molecule has 0 saturated carbocycles. The van der Waals surface area contributed by atoms with Crippen LogP contribution >= 0.6 is 0 Å². The molecule has 20 heavy (non-hydrogen) atoms. The van der Waals surface area contributed by atoms with Crippen LogP contribution in [0.3, 0.4) is 0 Å². The van der Waals surface area contributed by atoms with Crippen molar-refractivity contribution < 1.29 is 9.90 Å². The lowest BCUT2D eigenvalue weighted by Gasteiger charge is -2.34. The summed E-state index contributed by atoms with van der Waals surface area (Å²) in [6, 6.07) is 1.71. The number of carbonyl (C=O) groups is 1. The summed E-state index contributed by atoms with van der Waals surface area (Å²) in [6.45, 7) is 3.31. The van der Waals surface area contributed by atoms with Crippen molar-refractivity contribution in [2.45, 2.75) is 19.4 Å². The molecular weight excluding hydrogens is 254 g/mol. The highest BCUT2D eigenvalue weighted by molar-refractivity contribution is 5.94. The average molecular weight is 273 g/mol. The van der Waals surface area contributed by atoms with Crippen molar-refractivity contribution in [3.63, 3.8) is 0 Å². The second-order valence-electron chi connectivity index (χ2n) is 5.05. The summed E-state index contributed by atoms with van der Waals surface area (Å²) in [5, 5.41) is 9.87. The van der Waals surface area contributed by atoms with Crippen LogP contribution in [0.1, 0.15) is 29.3 Å². The van der Waals surface area contributed by atoms with E-state index in [4.69, 9.17) is 5.73 Å². The van der Waals surface area contributed by atoms with E-state index in [0.717, 1.165) is 6.42 Å². The highest BCUT2D eigenvalue weighted by Gasteiger charge is 2.27. The van der Waals surface area contributed by atoms with Crippen molar-refractivity contribution >= 4 is 5.91 Å². The first-order valence-electron chi connectivity index (χ1n) is 6.73. The number of β-amino-alcohol motifs (C(OH)–C–C–N with tert-alkyl or cyclic N) is 1. The zero-order valence-corrected chi connectivity index (χ0v) is 11.5. The van der Waals surface area contributed by atoms with E-state index >= 15 is 0 Å². The number of nitrogens with two attached hydrogens (primary N) is 1. The van der Waals surface area contributed by atoms with E-state index in [1.165, 1.54) is 6.20 Å². The topological polar surface area (TPSA) is 79.5 Å². The minimum Gasteiger partial charge on any atom is -0.391 e. The molecule has 1 aliphatic rings. The maximum absolute atomic E-state index is 12.4. The Bertz CT molecular complexity index is 548. The highest BCUT2D eigenvalue weighted by Crippen LogP contribution is 2.19. The lowest BCUT2D eigenvalue weighted by molar-refractivity contribution is 0.0248. The van der Waals surface area contributed by atoms with Gasteiger partial charge < -0.3 is 15.7 Å². The molecule has 1 aromatic heterocycles. The number of hydrogen-bond donors (Lipinski definition) is 2. The summed E-state index contributed by atoms with van der Waals surface area (Å²) >= 11 is 0. The highest BCUT2D eigenvalue weighted by atomic mass is 16.3. The second-order valence-corrected chi connectivity index (χ2v) is 5.05. The molecule has 2 rings (SSSR count). The molecule has 2 atom stereocenters. The van der Waals surface area contributed by atoms with Crippen LogP contribution in [0.5, 0.6) is 0 Å². The Hall–Kier alpha value is -1.90. The number of hydrogen-bond acceptors (Lipinski definition) is 4. The fourth-order valence-corrected chi connectivity index (χ4v) is 2.19. The standard InChI is InChI=1S/C15H19N3O2/c1-11-4-6-18(10-14(11)19)15(20)13-7-12(3-2-5-16)8-17-9-13/h7-9,11,14,19H,4-6,10,16H2,1H3. The predicted octanol–water partition coefficient (Wildman–Crippen LogP) is 0.235. The van der Waals surface area contributed by atoms with Gasteiger partial charge in [-0.15, -0.1) is 0 Å². The zero-order valence-electron chi connectivity index (χ0n) is 11.5. The fraction of sp³-hybridized carbons (Fsp3) is 0.467. The Morgan fingerprint density at radius 3 is 3.10 bits per heavy atom. The third kappa shape index (κ3) is 3.35. The van der Waals surface area contributed by atoms with Crippen molar-refractivity contribution in [1.82, 2.24) is 9.88 Å². The maximum Gasteiger partial charge on any atom is 0.255 e. The largest absolute Gasteiger partial charge is 0.391 e. The molecule has 106 valence electrons. The van der Waals surface area contributed by atoms with Crippen LogP contribution in [0.2, 0.25) is 0 Å². The van der Waals surface area contributed by atoms with Crippen LogP contribution in [-0.4, -0.2) is 46.6 Å². The number of piperidine rings is 1. The molecule has 1 amide bonds. The van der Waals surface area contributed by atoms with Crippen LogP contribution in [0, 0.1) is 17.8 Å². The Labute approximate surface area is 118 Å². The summed E-state index contributed by atoms with van der Waals surface area (Å²) < 4.78 is 0. The lowest BCUT2D eigenvalue weighted by atomic mass is 9.95. The third-order valence-corrected chi connectivity index (χ3v) is 3.53. The van der Waals surface area contributed by atoms with Gasteiger partial charge in [-0.2, -0.15) is 0 Å². The quantitative estimate of drug-likeness (QED) is 0.718. The molecule has 2 unspecified atom stereocenters. The molecular formula is C15H19N3O2. The fourth-order valence-electron chi connectivity index (χ4n) is 2.19. The average Bonchev–Trinajstić information content (AvgIpc) is 2.47. The van der Waals surface area contributed by atoms with Gasteiger partial charge in [-0.05, 0) is 18.4 Å². The minimum absolute atomic E-state index is 0.111. The second kappa shape index (κ2) is 6.51. The number of aliphatic hydroxyl groups is 1. The number of nitrogens with zero attached hydrogens (tertiary/aromatic N) is 2. The van der Waals surface area contributed by atoms with Crippen molar-refractivity contribution in [2.24, 2.45) is 11.7 Å². The van der Waals surface area contributed by atoms with Gasteiger partial charge in [0.2, 0.25) is 0 Å². The van der Waals surface area contributed by atoms with Crippen molar-refractivity contribution in [3.05, 3.63) is 29.6 Å². The monoisotopic (exact) mass is 273 g/mol. The van der Waals surface area contributed by atoms with Crippen molar-refractivity contribution in [3.8, 4) is 11.8 Å². The molecule has 5 heteroatoms. The summed E-state index contributed by atoms with van der Waals surface area (Å²) in [4.78, 5) is 18.1. The molecule has 1 saturated heterocycles. The maximum atomic E-state index is 12.4. The Morgan fingerprint density at radius 1 is 1.60 bits per heavy atom. The number of amides is 1. The summed E-state index contributed by atoms with van der Waals surface area (Å²) in [6.07, 6.45) is 3.49. The van der Waals surface area contributed by atoms with Gasteiger partial charge >= 0.3 is 0 Å². The molecule has 3 N–H and O–H groups in total. The first kappa shape index (κ1) is 14.5. The summed E-state index contributed by atoms with van der Waals surface area (Å²) in [5.41, 5.74) is 6.49. The van der Waals surface area contributed by atoms with Gasteiger partial charge in [0.05, 0.1) is 18.2 Å². The molecule has 5 nitrogen and oxygen atoms in total. The van der Waals surface area contributed by atoms with E-state index in [-0.39, 0.29) is 18.4 Å². The van der Waals surface area contributed by atoms with Crippen LogP contribution in [0.4, 0.5) is 0 Å². The Morgan fingerprint density at radius 2 is 2.40 bits per heavy atom. The molecule has 0 spiro atoms. The van der Waals surface area contributed by atoms with Gasteiger partial charge in [0.15, 0.2) is 0 Å². The Balaban J connectivity index is 2.13. The zero-order chi connectivity index (χ0) is 14.5. The van der Waals surface area contributed by atoms with Crippen LogP contribution < -0.4 is 5.73 Å². The van der Waals surface area contributed by atoms with Gasteiger partial charge in [-0.25, -0.2) is 0 Å². The van der Waals surface area contributed by atoms with E-state index in [1.807, 2.05) is 6.92 Å². The molecule has 0 radical (unpaired) electrons. The molecule has 1 aliphatic heterocycles. The van der Waals surface area contributed by atoms with E-state index in [2.05, 4.69) is 16.8 Å². The number of likely N-dealkylation sites (tertiary alicyclic amines) is 1. The molecule has 2 heterocycles. The first-order valence-corrected chi connectivity index (χ1v) is 6.73. The third-order valence-electron chi connectivity index (χ3n) is 3.53. The smallest absolute Gasteiger partial charge is 0.255 e. The molecule has 0 aliphatic carbocycles. The van der Waals surface area contributed by atoms with Gasteiger partial charge in [-0.3, -0.25) is 9.78 Å². The Kier molecular flexibility index (Phi) is 4.72. The van der Waals surface area contributed by atoms with Gasteiger partial charge in [-0.1, -0.05) is 18.8 Å². The number of pyridine rings is 1. The predicted molar refractivity (Wildman–Crippen MR) is 75.9 cm³/mol. The van der Waals surface area contributed by atoms with Gasteiger partial charge in [0, 0.05) is 31.0 Å². The molecule has 0 bridgehead atoms. The normalized spacial score (nSPS) is 22.1. The number of aromatic nitrogens is 1. The molecule has 1 fully saturated rings. The van der Waals surface area contributed by atoms with E-state index < -0.39 is 6.10 Å².